The number of rotatable bonds is 6. The van der Waals surface area contributed by atoms with Crippen LogP contribution >= 0.6 is 0 Å². The molecule has 0 aliphatic heterocycles. The van der Waals surface area contributed by atoms with Gasteiger partial charge in [-0.05, 0) is 44.2 Å². The summed E-state index contributed by atoms with van der Waals surface area (Å²) in [5.41, 5.74) is 0.437. The second-order valence-electron chi connectivity index (χ2n) is 5.94. The van der Waals surface area contributed by atoms with Crippen LogP contribution in [0.4, 0.5) is 24.7 Å². The van der Waals surface area contributed by atoms with Gasteiger partial charge in [0.25, 0.3) is 5.91 Å². The summed E-state index contributed by atoms with van der Waals surface area (Å²) < 4.78 is 45.1. The van der Waals surface area contributed by atoms with E-state index in [1.807, 2.05) is 13.8 Å². The lowest BCUT2D eigenvalue weighted by molar-refractivity contribution is -0.274. The van der Waals surface area contributed by atoms with Crippen LogP contribution in [0.3, 0.4) is 0 Å². The SMILES string of the molecule is COC(=O)c1cnc(NC(C)C)c(NC(=O)c2ccc(OC(F)(F)F)cc2)c1. The van der Waals surface area contributed by atoms with Crippen LogP contribution in [-0.2, 0) is 4.74 Å². The van der Waals surface area contributed by atoms with E-state index < -0.39 is 24.0 Å². The van der Waals surface area contributed by atoms with E-state index in [1.54, 1.807) is 0 Å². The molecule has 1 aromatic heterocycles. The lowest BCUT2D eigenvalue weighted by atomic mass is 10.2. The molecule has 0 saturated heterocycles. The van der Waals surface area contributed by atoms with Crippen molar-refractivity contribution in [3.8, 4) is 5.75 Å². The summed E-state index contributed by atoms with van der Waals surface area (Å²) in [5, 5.41) is 5.61. The van der Waals surface area contributed by atoms with Gasteiger partial charge in [-0.1, -0.05) is 0 Å². The predicted octanol–water partition coefficient (Wildman–Crippen LogP) is 3.84. The summed E-state index contributed by atoms with van der Waals surface area (Å²) in [6, 6.07) is 5.80. The van der Waals surface area contributed by atoms with Gasteiger partial charge in [-0.3, -0.25) is 4.79 Å². The maximum atomic E-state index is 12.5. The molecular weight excluding hydrogens is 379 g/mol. The van der Waals surface area contributed by atoms with E-state index in [9.17, 15) is 22.8 Å². The fraction of sp³-hybridized carbons (Fsp3) is 0.278. The van der Waals surface area contributed by atoms with E-state index in [2.05, 4.69) is 25.1 Å². The Morgan fingerprint density at radius 3 is 2.29 bits per heavy atom. The summed E-state index contributed by atoms with van der Waals surface area (Å²) in [7, 11) is 1.21. The number of nitrogens with zero attached hydrogens (tertiary/aromatic N) is 1. The van der Waals surface area contributed by atoms with Crippen LogP contribution in [0.15, 0.2) is 36.5 Å². The number of methoxy groups -OCH3 is 1. The second kappa shape index (κ2) is 8.59. The van der Waals surface area contributed by atoms with Crippen LogP contribution in [0.25, 0.3) is 0 Å². The molecule has 1 aromatic carbocycles. The molecule has 28 heavy (non-hydrogen) atoms. The molecule has 150 valence electrons. The Bertz CT molecular complexity index is 852. The first-order valence-electron chi connectivity index (χ1n) is 8.11. The number of pyridine rings is 1. The number of halogens is 3. The van der Waals surface area contributed by atoms with Crippen LogP contribution in [0.5, 0.6) is 5.75 Å². The Kier molecular flexibility index (Phi) is 6.45. The van der Waals surface area contributed by atoms with Crippen molar-refractivity contribution in [2.24, 2.45) is 0 Å². The Morgan fingerprint density at radius 2 is 1.75 bits per heavy atom. The van der Waals surface area contributed by atoms with Gasteiger partial charge in [0.2, 0.25) is 0 Å². The largest absolute Gasteiger partial charge is 0.573 e. The molecule has 2 aromatic rings. The normalized spacial score (nSPS) is 11.1. The van der Waals surface area contributed by atoms with Crippen LogP contribution < -0.4 is 15.4 Å². The Labute approximate surface area is 158 Å². The Balaban J connectivity index is 2.24. The van der Waals surface area contributed by atoms with Gasteiger partial charge < -0.3 is 20.1 Å². The van der Waals surface area contributed by atoms with E-state index in [0.717, 1.165) is 12.1 Å². The number of anilines is 2. The molecule has 2 rings (SSSR count). The first-order valence-corrected chi connectivity index (χ1v) is 8.11. The maximum Gasteiger partial charge on any atom is 0.573 e. The van der Waals surface area contributed by atoms with Gasteiger partial charge in [0.1, 0.15) is 11.6 Å². The third kappa shape index (κ3) is 5.86. The standard InChI is InChI=1S/C18H18F3N3O4/c1-10(2)23-15-14(8-12(9-22-15)17(26)27-3)24-16(25)11-4-6-13(7-5-11)28-18(19,20)21/h4-10H,1-3H3,(H,22,23)(H,24,25). The molecule has 0 saturated carbocycles. The van der Waals surface area contributed by atoms with Gasteiger partial charge >= 0.3 is 12.3 Å². The number of nitrogens with one attached hydrogen (secondary N) is 2. The average Bonchev–Trinajstić information content (AvgIpc) is 2.61. The molecule has 2 N–H and O–H groups in total. The Hall–Kier alpha value is -3.30. The van der Waals surface area contributed by atoms with Gasteiger partial charge in [-0.2, -0.15) is 0 Å². The lowest BCUT2D eigenvalue weighted by Crippen LogP contribution is -2.19. The van der Waals surface area contributed by atoms with Crippen LogP contribution in [0.2, 0.25) is 0 Å². The second-order valence-corrected chi connectivity index (χ2v) is 5.94. The molecule has 10 heteroatoms. The highest BCUT2D eigenvalue weighted by molar-refractivity contribution is 6.06. The third-order valence-corrected chi connectivity index (χ3v) is 3.33. The first-order chi connectivity index (χ1) is 13.1. The molecule has 0 spiro atoms. The number of carbonyl (C=O) groups excluding carboxylic acids is 2. The fourth-order valence-electron chi connectivity index (χ4n) is 2.18. The minimum absolute atomic E-state index is 0.00840. The van der Waals surface area contributed by atoms with Gasteiger partial charge in [-0.25, -0.2) is 9.78 Å². The first kappa shape index (κ1) is 21.0. The number of alkyl halides is 3. The number of benzene rings is 1. The molecule has 0 aliphatic carbocycles. The van der Waals surface area contributed by atoms with Crippen molar-refractivity contribution in [1.29, 1.82) is 0 Å². The van der Waals surface area contributed by atoms with E-state index in [1.165, 1.54) is 31.5 Å². The smallest absolute Gasteiger partial charge is 0.465 e. The summed E-state index contributed by atoms with van der Waals surface area (Å²) in [4.78, 5) is 28.3. The van der Waals surface area contributed by atoms with Crippen LogP contribution in [-0.4, -0.2) is 36.4 Å². The Morgan fingerprint density at radius 1 is 1.11 bits per heavy atom. The van der Waals surface area contributed by atoms with Crippen molar-refractivity contribution in [3.63, 3.8) is 0 Å². The molecule has 0 atom stereocenters. The minimum Gasteiger partial charge on any atom is -0.465 e. The number of ether oxygens (including phenoxy) is 2. The highest BCUT2D eigenvalue weighted by Crippen LogP contribution is 2.25. The molecule has 0 fully saturated rings. The zero-order chi connectivity index (χ0) is 20.9. The maximum absolute atomic E-state index is 12.5. The zero-order valence-electron chi connectivity index (χ0n) is 15.3. The number of esters is 1. The number of hydrogen-bond acceptors (Lipinski definition) is 6. The summed E-state index contributed by atoms with van der Waals surface area (Å²) >= 11 is 0. The summed E-state index contributed by atoms with van der Waals surface area (Å²) in [6.45, 7) is 3.72. The minimum atomic E-state index is -4.82. The number of aromatic nitrogens is 1. The van der Waals surface area contributed by atoms with Gasteiger partial charge in [0.15, 0.2) is 0 Å². The molecule has 0 unspecified atom stereocenters. The van der Waals surface area contributed by atoms with E-state index in [4.69, 9.17) is 0 Å². The molecule has 0 bridgehead atoms. The number of hydrogen-bond donors (Lipinski definition) is 2. The van der Waals surface area contributed by atoms with Crippen LogP contribution in [0.1, 0.15) is 34.6 Å². The fourth-order valence-corrected chi connectivity index (χ4v) is 2.18. The molecule has 1 amide bonds. The summed E-state index contributed by atoms with van der Waals surface area (Å²) in [5.74, 6) is -1.35. The van der Waals surface area contributed by atoms with Crippen molar-refractivity contribution in [2.45, 2.75) is 26.3 Å². The lowest BCUT2D eigenvalue weighted by Gasteiger charge is -2.15. The quantitative estimate of drug-likeness (QED) is 0.720. The van der Waals surface area contributed by atoms with Crippen molar-refractivity contribution < 1.29 is 32.2 Å². The van der Waals surface area contributed by atoms with E-state index in [0.29, 0.717) is 5.82 Å². The van der Waals surface area contributed by atoms with Gasteiger partial charge in [0.05, 0.1) is 18.4 Å². The van der Waals surface area contributed by atoms with Crippen molar-refractivity contribution in [1.82, 2.24) is 4.98 Å². The molecule has 7 nitrogen and oxygen atoms in total. The van der Waals surface area contributed by atoms with E-state index in [-0.39, 0.29) is 22.9 Å². The van der Waals surface area contributed by atoms with Crippen molar-refractivity contribution in [2.75, 3.05) is 17.7 Å². The van der Waals surface area contributed by atoms with Gasteiger partial charge in [0, 0.05) is 17.8 Å². The van der Waals surface area contributed by atoms with Crippen LogP contribution in [0, 0.1) is 0 Å². The van der Waals surface area contributed by atoms with Crippen molar-refractivity contribution in [3.05, 3.63) is 47.7 Å². The monoisotopic (exact) mass is 397 g/mol. The average molecular weight is 397 g/mol. The highest BCUT2D eigenvalue weighted by atomic mass is 19.4. The highest BCUT2D eigenvalue weighted by Gasteiger charge is 2.31. The number of carbonyl (C=O) groups is 2. The molecule has 1 heterocycles. The molecular formula is C18H18F3N3O4. The molecule has 0 radical (unpaired) electrons. The van der Waals surface area contributed by atoms with E-state index >= 15 is 0 Å². The molecule has 0 aliphatic rings. The third-order valence-electron chi connectivity index (χ3n) is 3.33. The number of amides is 1. The zero-order valence-corrected chi connectivity index (χ0v) is 15.3. The van der Waals surface area contributed by atoms with Gasteiger partial charge in [-0.15, -0.1) is 13.2 Å². The topological polar surface area (TPSA) is 89.5 Å². The predicted molar refractivity (Wildman–Crippen MR) is 95.4 cm³/mol. The summed E-state index contributed by atoms with van der Waals surface area (Å²) in [6.07, 6.45) is -3.52. The van der Waals surface area contributed by atoms with Crippen molar-refractivity contribution >= 4 is 23.4 Å².